The van der Waals surface area contributed by atoms with Crippen LogP contribution in [0.4, 0.5) is 4.39 Å². The maximum absolute atomic E-state index is 14.9. The summed E-state index contributed by atoms with van der Waals surface area (Å²) in [6.07, 6.45) is 14.2. The van der Waals surface area contributed by atoms with Crippen LogP contribution in [0, 0.1) is 17.8 Å². The Kier molecular flexibility index (Phi) is 9.20. The van der Waals surface area contributed by atoms with E-state index in [1.165, 1.54) is 25.7 Å². The maximum Gasteiger partial charge on any atom is 0.233 e. The molecule has 0 N–H and O–H groups in total. The van der Waals surface area contributed by atoms with Gasteiger partial charge in [-0.3, -0.25) is 0 Å². The van der Waals surface area contributed by atoms with E-state index in [1.54, 1.807) is 0 Å². The Bertz CT molecular complexity index is 563. The fraction of sp³-hybridized carbons (Fsp3) is 0.840. The topological polar surface area (TPSA) is 35.0 Å². The first-order valence-electron chi connectivity index (χ1n) is 12.3. The second kappa shape index (κ2) is 11.9. The van der Waals surface area contributed by atoms with E-state index in [0.717, 1.165) is 69.4 Å². The van der Waals surface area contributed by atoms with Crippen molar-refractivity contribution in [2.75, 3.05) is 6.61 Å². The summed E-state index contributed by atoms with van der Waals surface area (Å²) in [6.45, 7) is 5.12. The summed E-state index contributed by atoms with van der Waals surface area (Å²) in [6, 6.07) is 4.03. The fourth-order valence-corrected chi connectivity index (χ4v) is 5.40. The van der Waals surface area contributed by atoms with E-state index in [-0.39, 0.29) is 0 Å². The van der Waals surface area contributed by atoms with Crippen molar-refractivity contribution in [3.63, 3.8) is 0 Å². The highest BCUT2D eigenvalue weighted by molar-refractivity contribution is 5.15. The highest BCUT2D eigenvalue weighted by atomic mass is 19.1. The molecule has 2 saturated carbocycles. The smallest absolute Gasteiger partial charge is 0.233 e. The molecule has 1 aromatic heterocycles. The zero-order valence-corrected chi connectivity index (χ0v) is 18.6. The lowest BCUT2D eigenvalue weighted by atomic mass is 9.74. The monoisotopic (exact) mass is 404 g/mol. The minimum atomic E-state index is -0.585. The summed E-state index contributed by atoms with van der Waals surface area (Å²) < 4.78 is 20.6. The molecule has 0 aliphatic heterocycles. The van der Waals surface area contributed by atoms with Crippen molar-refractivity contribution in [2.24, 2.45) is 17.8 Å². The highest BCUT2D eigenvalue weighted by Crippen LogP contribution is 2.40. The molecular weight excluding hydrogens is 363 g/mol. The fourth-order valence-electron chi connectivity index (χ4n) is 5.40. The summed E-state index contributed by atoms with van der Waals surface area (Å²) in [5.41, 5.74) is 1.08. The molecule has 1 unspecified atom stereocenters. The lowest BCUT2D eigenvalue weighted by Crippen LogP contribution is -2.26. The third-order valence-electron chi connectivity index (χ3n) is 7.33. The molecule has 2 aliphatic carbocycles. The zero-order chi connectivity index (χ0) is 20.5. The first-order valence-corrected chi connectivity index (χ1v) is 12.3. The molecule has 2 fully saturated rings. The van der Waals surface area contributed by atoms with Crippen LogP contribution < -0.4 is 4.74 Å². The Morgan fingerprint density at radius 3 is 2.28 bits per heavy atom. The summed E-state index contributed by atoms with van der Waals surface area (Å²) in [7, 11) is 0. The molecule has 3 nitrogen and oxygen atoms in total. The van der Waals surface area contributed by atoms with Crippen LogP contribution in [-0.2, 0) is 0 Å². The van der Waals surface area contributed by atoms with Gasteiger partial charge in [0.1, 0.15) is 6.17 Å². The molecule has 1 aromatic rings. The Morgan fingerprint density at radius 2 is 1.66 bits per heavy atom. The van der Waals surface area contributed by atoms with E-state index in [1.807, 2.05) is 6.07 Å². The SMILES string of the molecule is CCCCOc1ccc([C@H]2CC[C@H](CC(F)[C@H]3CC[C@H](CCC)CC3)CC2)nn1. The van der Waals surface area contributed by atoms with Crippen LogP contribution in [0.1, 0.15) is 109 Å². The van der Waals surface area contributed by atoms with Crippen LogP contribution in [0.15, 0.2) is 12.1 Å². The predicted octanol–water partition coefficient (Wildman–Crippen LogP) is 7.26. The Morgan fingerprint density at radius 1 is 0.931 bits per heavy atom. The van der Waals surface area contributed by atoms with E-state index in [0.29, 0.717) is 30.2 Å². The van der Waals surface area contributed by atoms with Crippen molar-refractivity contribution >= 4 is 0 Å². The molecule has 0 amide bonds. The quantitative estimate of drug-likeness (QED) is 0.385. The van der Waals surface area contributed by atoms with E-state index < -0.39 is 6.17 Å². The van der Waals surface area contributed by atoms with Gasteiger partial charge in [-0.1, -0.05) is 46.0 Å². The average Bonchev–Trinajstić information content (AvgIpc) is 2.76. The van der Waals surface area contributed by atoms with Gasteiger partial charge >= 0.3 is 0 Å². The normalized spacial score (nSPS) is 28.8. The molecule has 0 spiro atoms. The summed E-state index contributed by atoms with van der Waals surface area (Å²) in [4.78, 5) is 0. The van der Waals surface area contributed by atoms with Crippen LogP contribution in [0.25, 0.3) is 0 Å². The molecule has 1 atom stereocenters. The number of nitrogens with zero attached hydrogens (tertiary/aromatic N) is 2. The highest BCUT2D eigenvalue weighted by Gasteiger charge is 2.31. The van der Waals surface area contributed by atoms with Gasteiger partial charge in [0.2, 0.25) is 5.88 Å². The van der Waals surface area contributed by atoms with Crippen LogP contribution in [-0.4, -0.2) is 23.0 Å². The number of hydrogen-bond acceptors (Lipinski definition) is 3. The van der Waals surface area contributed by atoms with Gasteiger partial charge in [-0.2, -0.15) is 5.10 Å². The molecular formula is C25H41FN2O. The number of ether oxygens (including phenoxy) is 1. The first-order chi connectivity index (χ1) is 14.2. The van der Waals surface area contributed by atoms with E-state index in [4.69, 9.17) is 4.74 Å². The van der Waals surface area contributed by atoms with Gasteiger partial charge in [0.15, 0.2) is 0 Å². The number of rotatable bonds is 10. The number of hydrogen-bond donors (Lipinski definition) is 0. The molecule has 0 bridgehead atoms. The molecule has 0 radical (unpaired) electrons. The predicted molar refractivity (Wildman–Crippen MR) is 117 cm³/mol. The second-order valence-electron chi connectivity index (χ2n) is 9.54. The van der Waals surface area contributed by atoms with Crippen LogP contribution in [0.3, 0.4) is 0 Å². The van der Waals surface area contributed by atoms with E-state index >= 15 is 0 Å². The molecule has 0 saturated heterocycles. The molecule has 3 rings (SSSR count). The standard InChI is InChI=1S/C25H41FN2O/c1-3-5-17-29-25-16-15-24(27-28-25)22-13-9-20(10-14-22)18-23(26)21-11-7-19(6-4-2)8-12-21/h15-16,19-23H,3-14,17-18H2,1-2H3/t19-,20-,21-,22-,23?. The van der Waals surface area contributed by atoms with Crippen LogP contribution in [0.5, 0.6) is 5.88 Å². The minimum absolute atomic E-state index is 0.326. The third-order valence-corrected chi connectivity index (χ3v) is 7.33. The van der Waals surface area contributed by atoms with Crippen molar-refractivity contribution in [3.8, 4) is 5.88 Å². The van der Waals surface area contributed by atoms with Gasteiger partial charge in [-0.25, -0.2) is 4.39 Å². The summed E-state index contributed by atoms with van der Waals surface area (Å²) >= 11 is 0. The molecule has 2 aliphatic rings. The second-order valence-corrected chi connectivity index (χ2v) is 9.54. The van der Waals surface area contributed by atoms with Crippen molar-refractivity contribution in [1.29, 1.82) is 0 Å². The molecule has 29 heavy (non-hydrogen) atoms. The lowest BCUT2D eigenvalue weighted by molar-refractivity contribution is 0.118. The Labute approximate surface area is 177 Å². The number of unbranched alkanes of at least 4 members (excludes halogenated alkanes) is 1. The zero-order valence-electron chi connectivity index (χ0n) is 18.6. The van der Waals surface area contributed by atoms with Gasteiger partial charge in [0.05, 0.1) is 12.3 Å². The first kappa shape index (κ1) is 22.5. The summed E-state index contributed by atoms with van der Waals surface area (Å²) in [5.74, 6) is 2.85. The van der Waals surface area contributed by atoms with E-state index in [9.17, 15) is 4.39 Å². The van der Waals surface area contributed by atoms with Gasteiger partial charge < -0.3 is 4.74 Å². The van der Waals surface area contributed by atoms with Crippen molar-refractivity contribution < 1.29 is 9.13 Å². The van der Waals surface area contributed by atoms with Crippen LogP contribution >= 0.6 is 0 Å². The molecule has 4 heteroatoms. The number of aromatic nitrogens is 2. The van der Waals surface area contributed by atoms with Crippen molar-refractivity contribution in [2.45, 2.75) is 109 Å². The molecule has 164 valence electrons. The Balaban J connectivity index is 1.38. The molecule has 0 aromatic carbocycles. The van der Waals surface area contributed by atoms with Crippen LogP contribution in [0.2, 0.25) is 0 Å². The van der Waals surface area contributed by atoms with Gasteiger partial charge in [0.25, 0.3) is 0 Å². The van der Waals surface area contributed by atoms with Crippen molar-refractivity contribution in [1.82, 2.24) is 10.2 Å². The van der Waals surface area contributed by atoms with Gasteiger partial charge in [-0.15, -0.1) is 5.10 Å². The number of halogens is 1. The van der Waals surface area contributed by atoms with Crippen molar-refractivity contribution in [3.05, 3.63) is 17.8 Å². The largest absolute Gasteiger partial charge is 0.477 e. The Hall–Kier alpha value is -1.19. The van der Waals surface area contributed by atoms with Gasteiger partial charge in [0, 0.05) is 12.0 Å². The third kappa shape index (κ3) is 6.93. The molecule has 1 heterocycles. The van der Waals surface area contributed by atoms with Gasteiger partial charge in [-0.05, 0) is 75.2 Å². The number of alkyl halides is 1. The minimum Gasteiger partial charge on any atom is -0.477 e. The summed E-state index contributed by atoms with van der Waals surface area (Å²) in [5, 5.41) is 8.65. The maximum atomic E-state index is 14.9. The lowest BCUT2D eigenvalue weighted by Gasteiger charge is -2.34. The van der Waals surface area contributed by atoms with E-state index in [2.05, 4.69) is 30.1 Å². The average molecular weight is 405 g/mol.